The molecule has 3 heterocycles. The summed E-state index contributed by atoms with van der Waals surface area (Å²) in [7, 11) is 0. The number of nitrogens with zero attached hydrogens (tertiary/aromatic N) is 7. The van der Waals surface area contributed by atoms with Crippen molar-refractivity contribution in [3.05, 3.63) is 47.4 Å². The molecule has 25 heavy (non-hydrogen) atoms. The molecule has 5 rings (SSSR count). The lowest BCUT2D eigenvalue weighted by Gasteiger charge is -2.15. The number of aromatic amines is 2. The van der Waals surface area contributed by atoms with E-state index in [0.29, 0.717) is 22.9 Å². The minimum Gasteiger partial charge on any atom is -0.293 e. The molecule has 0 fully saturated rings. The van der Waals surface area contributed by atoms with Crippen LogP contribution in [-0.4, -0.2) is 52.0 Å². The third-order valence-electron chi connectivity index (χ3n) is 4.09. The highest BCUT2D eigenvalue weighted by atomic mass is 16.1. The molecule has 4 aromatic rings. The highest BCUT2D eigenvalue weighted by Crippen LogP contribution is 2.30. The summed E-state index contributed by atoms with van der Waals surface area (Å²) >= 11 is 0. The number of carbonyl (C=O) groups is 1. The number of ketones is 1. The van der Waals surface area contributed by atoms with Gasteiger partial charge in [-0.05, 0) is 23.4 Å². The van der Waals surface area contributed by atoms with Crippen molar-refractivity contribution in [3.8, 4) is 11.4 Å². The van der Waals surface area contributed by atoms with Gasteiger partial charge in [-0.2, -0.15) is 10.4 Å². The number of hydrogen-bond donors (Lipinski definition) is 2. The van der Waals surface area contributed by atoms with E-state index in [9.17, 15) is 4.79 Å². The molecule has 3 aromatic heterocycles. The van der Waals surface area contributed by atoms with E-state index in [0.717, 1.165) is 16.5 Å². The second-order valence-corrected chi connectivity index (χ2v) is 5.54. The maximum atomic E-state index is 12.8. The Balaban J connectivity index is 1.62. The van der Waals surface area contributed by atoms with Gasteiger partial charge < -0.3 is 0 Å². The first-order valence-electron chi connectivity index (χ1n) is 7.44. The lowest BCUT2D eigenvalue weighted by molar-refractivity contribution is 0.0972. The number of nitrogens with one attached hydrogen (secondary N) is 2. The summed E-state index contributed by atoms with van der Waals surface area (Å²) in [4.78, 5) is 17.4. The van der Waals surface area contributed by atoms with Crippen LogP contribution in [-0.2, 0) is 0 Å². The number of rotatable bonds is 2. The van der Waals surface area contributed by atoms with E-state index in [-0.39, 0.29) is 5.78 Å². The van der Waals surface area contributed by atoms with Gasteiger partial charge in [0.1, 0.15) is 5.92 Å². The van der Waals surface area contributed by atoms with Crippen LogP contribution in [0.4, 0.5) is 0 Å². The fourth-order valence-corrected chi connectivity index (χ4v) is 2.88. The van der Waals surface area contributed by atoms with E-state index in [1.54, 1.807) is 12.2 Å². The van der Waals surface area contributed by atoms with E-state index in [4.69, 9.17) is 0 Å². The molecule has 0 spiro atoms. The summed E-state index contributed by atoms with van der Waals surface area (Å²) in [6.45, 7) is 0. The van der Waals surface area contributed by atoms with Gasteiger partial charge in [-0.1, -0.05) is 23.4 Å². The van der Waals surface area contributed by atoms with Crippen molar-refractivity contribution in [2.24, 2.45) is 0 Å². The highest BCUT2D eigenvalue weighted by Gasteiger charge is 2.29. The predicted octanol–water partition coefficient (Wildman–Crippen LogP) is 0.921. The molecule has 10 nitrogen and oxygen atoms in total. The van der Waals surface area contributed by atoms with Crippen molar-refractivity contribution < 1.29 is 4.79 Å². The van der Waals surface area contributed by atoms with Crippen molar-refractivity contribution in [2.45, 2.75) is 5.92 Å². The molecule has 120 valence electrons. The molecular weight excluding hydrogens is 322 g/mol. The van der Waals surface area contributed by atoms with Gasteiger partial charge in [0.25, 0.3) is 0 Å². The maximum Gasteiger partial charge on any atom is 0.204 e. The van der Waals surface area contributed by atoms with E-state index in [1.165, 1.54) is 0 Å². The summed E-state index contributed by atoms with van der Waals surface area (Å²) in [5.74, 6) is 0.185. The third kappa shape index (κ3) is 2.11. The number of aromatic nitrogens is 9. The Morgan fingerprint density at radius 2 is 1.88 bits per heavy atom. The van der Waals surface area contributed by atoms with Crippen LogP contribution in [0.5, 0.6) is 0 Å². The van der Waals surface area contributed by atoms with Crippen LogP contribution in [0.15, 0.2) is 30.3 Å². The van der Waals surface area contributed by atoms with E-state index in [1.807, 2.05) is 24.3 Å². The van der Waals surface area contributed by atoms with Gasteiger partial charge >= 0.3 is 0 Å². The molecule has 0 radical (unpaired) electrons. The highest BCUT2D eigenvalue weighted by molar-refractivity contribution is 6.08. The molecule has 10 heteroatoms. The zero-order valence-electron chi connectivity index (χ0n) is 12.6. The largest absolute Gasteiger partial charge is 0.293 e. The Labute approximate surface area is 139 Å². The first-order valence-corrected chi connectivity index (χ1v) is 7.44. The number of benzene rings is 1. The first-order chi connectivity index (χ1) is 12.3. The number of H-pyrrole nitrogens is 2. The van der Waals surface area contributed by atoms with Crippen LogP contribution in [0.2, 0.25) is 0 Å². The summed E-state index contributed by atoms with van der Waals surface area (Å²) in [5, 5.41) is 28.5. The summed E-state index contributed by atoms with van der Waals surface area (Å²) in [6.07, 6.45) is 3.54. The van der Waals surface area contributed by atoms with Gasteiger partial charge in [-0.15, -0.1) is 20.4 Å². The molecule has 0 saturated carbocycles. The zero-order chi connectivity index (χ0) is 16.8. The van der Waals surface area contributed by atoms with Gasteiger partial charge in [-0.25, -0.2) is 4.98 Å². The molecular formula is C15H9N9O. The number of pyridine rings is 1. The van der Waals surface area contributed by atoms with E-state index >= 15 is 0 Å². The van der Waals surface area contributed by atoms with E-state index < -0.39 is 5.92 Å². The molecule has 0 aliphatic heterocycles. The predicted molar refractivity (Wildman–Crippen MR) is 85.2 cm³/mol. The normalized spacial score (nSPS) is 16.3. The monoisotopic (exact) mass is 331 g/mol. The lowest BCUT2D eigenvalue weighted by atomic mass is 9.89. The topological polar surface area (TPSA) is 139 Å². The van der Waals surface area contributed by atoms with Gasteiger partial charge in [0.2, 0.25) is 5.82 Å². The fraction of sp³-hybridized carbons (Fsp3) is 0.0667. The Kier molecular flexibility index (Phi) is 2.77. The van der Waals surface area contributed by atoms with Crippen LogP contribution in [0.25, 0.3) is 28.4 Å². The number of Topliss-reactive ketones (excluding diaryl/α,β-unsaturated/α-hetero) is 1. The Morgan fingerprint density at radius 3 is 2.68 bits per heavy atom. The van der Waals surface area contributed by atoms with Crippen molar-refractivity contribution in [2.75, 3.05) is 0 Å². The second kappa shape index (κ2) is 5.09. The lowest BCUT2D eigenvalue weighted by Crippen LogP contribution is -2.17. The first kappa shape index (κ1) is 13.6. The molecule has 1 aromatic carbocycles. The molecule has 1 unspecified atom stereocenters. The number of fused-ring (bicyclic) bond motifs is 2. The average Bonchev–Trinajstić information content (AvgIpc) is 3.34. The third-order valence-corrected chi connectivity index (χ3v) is 4.09. The minimum absolute atomic E-state index is 0.101. The fourth-order valence-electron chi connectivity index (χ4n) is 2.88. The van der Waals surface area contributed by atoms with Crippen molar-refractivity contribution in [3.63, 3.8) is 0 Å². The maximum absolute atomic E-state index is 12.8. The van der Waals surface area contributed by atoms with Crippen LogP contribution in [0, 0.1) is 0 Å². The van der Waals surface area contributed by atoms with Gasteiger partial charge in [-0.3, -0.25) is 4.79 Å². The van der Waals surface area contributed by atoms with E-state index in [2.05, 4.69) is 46.2 Å². The van der Waals surface area contributed by atoms with Crippen LogP contribution in [0.3, 0.4) is 0 Å². The number of carbonyl (C=O) groups excluding carboxylic acids is 1. The Morgan fingerprint density at radius 1 is 1.00 bits per heavy atom. The average molecular weight is 331 g/mol. The van der Waals surface area contributed by atoms with Crippen LogP contribution >= 0.6 is 0 Å². The van der Waals surface area contributed by atoms with Crippen molar-refractivity contribution in [1.29, 1.82) is 0 Å². The van der Waals surface area contributed by atoms with Gasteiger partial charge in [0, 0.05) is 16.5 Å². The second-order valence-electron chi connectivity index (χ2n) is 5.54. The summed E-state index contributed by atoms with van der Waals surface area (Å²) in [5.41, 5.74) is 2.70. The zero-order valence-corrected chi connectivity index (χ0v) is 12.6. The quantitative estimate of drug-likeness (QED) is 0.553. The SMILES string of the molecule is O=C1c2cc3ccc(-c4nn[nH]n4)cc3nc2C=CC1c1nn[nH]n1. The summed E-state index contributed by atoms with van der Waals surface area (Å²) < 4.78 is 0. The Bertz CT molecular complexity index is 1120. The molecule has 1 aliphatic carbocycles. The van der Waals surface area contributed by atoms with Crippen LogP contribution in [0.1, 0.15) is 27.8 Å². The minimum atomic E-state index is -0.552. The molecule has 2 N–H and O–H groups in total. The number of allylic oxidation sites excluding steroid dienone is 1. The molecule has 0 amide bonds. The van der Waals surface area contributed by atoms with Gasteiger partial charge in [0.05, 0.1) is 11.2 Å². The Hall–Kier alpha value is -3.82. The summed E-state index contributed by atoms with van der Waals surface area (Å²) in [6, 6.07) is 7.44. The van der Waals surface area contributed by atoms with Crippen molar-refractivity contribution in [1.82, 2.24) is 46.2 Å². The van der Waals surface area contributed by atoms with Crippen LogP contribution < -0.4 is 0 Å². The smallest absolute Gasteiger partial charge is 0.204 e. The molecule has 1 aliphatic rings. The molecule has 1 atom stereocenters. The molecule has 0 saturated heterocycles. The molecule has 0 bridgehead atoms. The number of hydrogen-bond acceptors (Lipinski definition) is 8. The number of tetrazole rings is 2. The van der Waals surface area contributed by atoms with Crippen molar-refractivity contribution >= 4 is 22.8 Å². The standard InChI is InChI=1S/C15H9N9O/c25-13-9(15-19-23-24-20-15)3-4-11-10(13)5-7-1-2-8(6-12(7)16-11)14-17-21-22-18-14/h1-6,9H,(H,17,18,21,22)(H,19,20,23,24). The van der Waals surface area contributed by atoms with Gasteiger partial charge in [0.15, 0.2) is 11.6 Å².